The third-order valence-electron chi connectivity index (χ3n) is 3.69. The zero-order chi connectivity index (χ0) is 12.4. The van der Waals surface area contributed by atoms with Gasteiger partial charge in [0.05, 0.1) is 5.56 Å². The Bertz CT molecular complexity index is 428. The van der Waals surface area contributed by atoms with Gasteiger partial charge in [-0.1, -0.05) is 13.3 Å². The molecule has 1 fully saturated rings. The van der Waals surface area contributed by atoms with Gasteiger partial charge in [-0.25, -0.2) is 8.78 Å². The van der Waals surface area contributed by atoms with Crippen molar-refractivity contribution in [1.82, 2.24) is 0 Å². The van der Waals surface area contributed by atoms with Crippen LogP contribution < -0.4 is 0 Å². The summed E-state index contributed by atoms with van der Waals surface area (Å²) in [6, 6.07) is 3.17. The smallest absolute Gasteiger partial charge is 0.168 e. The van der Waals surface area contributed by atoms with E-state index < -0.39 is 11.6 Å². The molecule has 0 amide bonds. The lowest BCUT2D eigenvalue weighted by Crippen LogP contribution is -2.13. The van der Waals surface area contributed by atoms with Gasteiger partial charge in [0.1, 0.15) is 11.6 Å². The summed E-state index contributed by atoms with van der Waals surface area (Å²) in [5.41, 5.74) is 0.0353. The van der Waals surface area contributed by atoms with Crippen molar-refractivity contribution in [2.24, 2.45) is 11.8 Å². The maximum absolute atomic E-state index is 13.5. The van der Waals surface area contributed by atoms with E-state index in [1.54, 1.807) is 0 Å². The SMILES string of the molecule is CCC1CCC(C(=O)c2ccc(F)cc2F)C1. The highest BCUT2D eigenvalue weighted by atomic mass is 19.1. The van der Waals surface area contributed by atoms with Crippen molar-refractivity contribution >= 4 is 5.78 Å². The van der Waals surface area contributed by atoms with Crippen molar-refractivity contribution in [3.63, 3.8) is 0 Å². The van der Waals surface area contributed by atoms with Gasteiger partial charge in [0.25, 0.3) is 0 Å². The monoisotopic (exact) mass is 238 g/mol. The molecule has 2 atom stereocenters. The van der Waals surface area contributed by atoms with Crippen LogP contribution in [0.2, 0.25) is 0 Å². The molecule has 1 nitrogen and oxygen atoms in total. The maximum atomic E-state index is 13.5. The first kappa shape index (κ1) is 12.2. The molecule has 2 rings (SSSR count). The molecule has 1 aliphatic carbocycles. The molecule has 0 aliphatic heterocycles. The number of Topliss-reactive ketones (excluding diaryl/α,β-unsaturated/α-hetero) is 1. The maximum Gasteiger partial charge on any atom is 0.168 e. The van der Waals surface area contributed by atoms with Crippen LogP contribution in [0.3, 0.4) is 0 Å². The second-order valence-electron chi connectivity index (χ2n) is 4.77. The number of hydrogen-bond acceptors (Lipinski definition) is 1. The molecular formula is C14H16F2O. The predicted molar refractivity (Wildman–Crippen MR) is 61.8 cm³/mol. The molecule has 2 unspecified atom stereocenters. The van der Waals surface area contributed by atoms with Gasteiger partial charge in [-0.3, -0.25) is 4.79 Å². The van der Waals surface area contributed by atoms with Gasteiger partial charge < -0.3 is 0 Å². The molecule has 92 valence electrons. The minimum atomic E-state index is -0.741. The van der Waals surface area contributed by atoms with Crippen molar-refractivity contribution in [2.45, 2.75) is 32.6 Å². The van der Waals surface area contributed by atoms with E-state index in [1.165, 1.54) is 6.07 Å². The quantitative estimate of drug-likeness (QED) is 0.728. The molecule has 1 saturated carbocycles. The van der Waals surface area contributed by atoms with Crippen LogP contribution >= 0.6 is 0 Å². The second-order valence-corrected chi connectivity index (χ2v) is 4.77. The molecule has 1 aromatic rings. The molecule has 0 radical (unpaired) electrons. The van der Waals surface area contributed by atoms with Crippen LogP contribution in [0.25, 0.3) is 0 Å². The minimum Gasteiger partial charge on any atom is -0.294 e. The van der Waals surface area contributed by atoms with Crippen molar-refractivity contribution in [3.8, 4) is 0 Å². The first-order valence-corrected chi connectivity index (χ1v) is 6.11. The second kappa shape index (κ2) is 4.94. The summed E-state index contributed by atoms with van der Waals surface area (Å²) in [6.45, 7) is 2.11. The molecule has 0 spiro atoms. The summed E-state index contributed by atoms with van der Waals surface area (Å²) in [5.74, 6) is -1.06. The van der Waals surface area contributed by atoms with E-state index in [-0.39, 0.29) is 17.3 Å². The third kappa shape index (κ3) is 2.54. The fraction of sp³-hybridized carbons (Fsp3) is 0.500. The number of carbonyl (C=O) groups excluding carboxylic acids is 1. The Hall–Kier alpha value is -1.25. The number of carbonyl (C=O) groups is 1. The molecule has 0 N–H and O–H groups in total. The van der Waals surface area contributed by atoms with E-state index in [4.69, 9.17) is 0 Å². The van der Waals surface area contributed by atoms with E-state index in [0.29, 0.717) is 5.92 Å². The third-order valence-corrected chi connectivity index (χ3v) is 3.69. The lowest BCUT2D eigenvalue weighted by Gasteiger charge is -2.10. The number of benzene rings is 1. The summed E-state index contributed by atoms with van der Waals surface area (Å²) in [4.78, 5) is 12.1. The Kier molecular flexibility index (Phi) is 3.55. The Morgan fingerprint density at radius 2 is 2.12 bits per heavy atom. The molecule has 0 aromatic heterocycles. The Balaban J connectivity index is 2.15. The van der Waals surface area contributed by atoms with Crippen LogP contribution in [0.15, 0.2) is 18.2 Å². The van der Waals surface area contributed by atoms with Gasteiger partial charge in [0.15, 0.2) is 5.78 Å². The molecule has 0 saturated heterocycles. The fourth-order valence-electron chi connectivity index (χ4n) is 2.59. The average Bonchev–Trinajstić information content (AvgIpc) is 2.76. The largest absolute Gasteiger partial charge is 0.294 e. The Morgan fingerprint density at radius 3 is 2.71 bits per heavy atom. The fourth-order valence-corrected chi connectivity index (χ4v) is 2.59. The molecule has 17 heavy (non-hydrogen) atoms. The number of ketones is 1. The highest BCUT2D eigenvalue weighted by molar-refractivity contribution is 5.98. The summed E-state index contributed by atoms with van der Waals surface area (Å²) in [5, 5.41) is 0. The van der Waals surface area contributed by atoms with Crippen LogP contribution in [-0.2, 0) is 0 Å². The normalized spacial score (nSPS) is 23.9. The molecule has 0 heterocycles. The highest BCUT2D eigenvalue weighted by Gasteiger charge is 2.30. The van der Waals surface area contributed by atoms with Gasteiger partial charge >= 0.3 is 0 Å². The zero-order valence-corrected chi connectivity index (χ0v) is 9.88. The molecule has 0 bridgehead atoms. The van der Waals surface area contributed by atoms with E-state index in [1.807, 2.05) is 0 Å². The van der Waals surface area contributed by atoms with Crippen molar-refractivity contribution in [3.05, 3.63) is 35.4 Å². The first-order valence-electron chi connectivity index (χ1n) is 6.11. The van der Waals surface area contributed by atoms with E-state index in [9.17, 15) is 13.6 Å². The number of halogens is 2. The van der Waals surface area contributed by atoms with Crippen molar-refractivity contribution < 1.29 is 13.6 Å². The Morgan fingerprint density at radius 1 is 1.35 bits per heavy atom. The standard InChI is InChI=1S/C14H16F2O/c1-2-9-3-4-10(7-9)14(17)12-6-5-11(15)8-13(12)16/h5-6,8-10H,2-4,7H2,1H3. The summed E-state index contributed by atoms with van der Waals surface area (Å²) < 4.78 is 26.2. The van der Waals surface area contributed by atoms with Crippen LogP contribution in [-0.4, -0.2) is 5.78 Å². The topological polar surface area (TPSA) is 17.1 Å². The average molecular weight is 238 g/mol. The molecule has 3 heteroatoms. The van der Waals surface area contributed by atoms with Crippen molar-refractivity contribution in [1.29, 1.82) is 0 Å². The molecule has 1 aromatic carbocycles. The lowest BCUT2D eigenvalue weighted by molar-refractivity contribution is 0.0915. The number of rotatable bonds is 3. The van der Waals surface area contributed by atoms with Crippen molar-refractivity contribution in [2.75, 3.05) is 0 Å². The molecule has 1 aliphatic rings. The van der Waals surface area contributed by atoms with Gasteiger partial charge in [0, 0.05) is 12.0 Å². The summed E-state index contributed by atoms with van der Waals surface area (Å²) in [6.07, 6.45) is 3.77. The summed E-state index contributed by atoms with van der Waals surface area (Å²) >= 11 is 0. The lowest BCUT2D eigenvalue weighted by atomic mass is 9.94. The van der Waals surface area contributed by atoms with E-state index >= 15 is 0 Å². The van der Waals surface area contributed by atoms with Crippen LogP contribution in [0, 0.1) is 23.5 Å². The summed E-state index contributed by atoms with van der Waals surface area (Å²) in [7, 11) is 0. The van der Waals surface area contributed by atoms with Gasteiger partial charge in [-0.15, -0.1) is 0 Å². The van der Waals surface area contributed by atoms with Crippen LogP contribution in [0.1, 0.15) is 43.0 Å². The van der Waals surface area contributed by atoms with E-state index in [2.05, 4.69) is 6.92 Å². The minimum absolute atomic E-state index is 0.0353. The van der Waals surface area contributed by atoms with E-state index in [0.717, 1.165) is 37.8 Å². The molecular weight excluding hydrogens is 222 g/mol. The van der Waals surface area contributed by atoms with Crippen LogP contribution in [0.5, 0.6) is 0 Å². The van der Waals surface area contributed by atoms with Gasteiger partial charge in [0.2, 0.25) is 0 Å². The van der Waals surface area contributed by atoms with Gasteiger partial charge in [-0.05, 0) is 37.3 Å². The van der Waals surface area contributed by atoms with Crippen LogP contribution in [0.4, 0.5) is 8.78 Å². The number of hydrogen-bond donors (Lipinski definition) is 0. The predicted octanol–water partition coefficient (Wildman–Crippen LogP) is 3.97. The van der Waals surface area contributed by atoms with Gasteiger partial charge in [-0.2, -0.15) is 0 Å². The Labute approximate surface area is 99.8 Å². The first-order chi connectivity index (χ1) is 8.11. The zero-order valence-electron chi connectivity index (χ0n) is 9.88. The highest BCUT2D eigenvalue weighted by Crippen LogP contribution is 2.35.